The molecule has 0 bridgehead atoms. The van der Waals surface area contributed by atoms with Gasteiger partial charge in [-0.3, -0.25) is 0 Å². The van der Waals surface area contributed by atoms with Crippen LogP contribution in [-0.2, 0) is 6.54 Å². The van der Waals surface area contributed by atoms with Gasteiger partial charge in [-0.1, -0.05) is 12.1 Å². The van der Waals surface area contributed by atoms with Crippen molar-refractivity contribution in [2.75, 3.05) is 34.3 Å². The summed E-state index contributed by atoms with van der Waals surface area (Å²) in [5, 5.41) is 13.4. The van der Waals surface area contributed by atoms with E-state index in [1.165, 1.54) is 5.56 Å². The van der Waals surface area contributed by atoms with Crippen LogP contribution in [0.4, 0.5) is 0 Å². The fourth-order valence-electron chi connectivity index (χ4n) is 1.96. The first-order valence-corrected chi connectivity index (χ1v) is 6.14. The molecule has 0 aromatic heterocycles. The highest BCUT2D eigenvalue weighted by atomic mass is 16.5. The highest BCUT2D eigenvalue weighted by Gasteiger charge is 2.20. The number of methoxy groups -OCH3 is 1. The Morgan fingerprint density at radius 3 is 2.39 bits per heavy atom. The smallest absolute Gasteiger partial charge is 0.118 e. The normalized spacial score (nSPS) is 14.6. The minimum Gasteiger partial charge on any atom is -0.497 e. The second-order valence-electron chi connectivity index (χ2n) is 5.19. The molecular weight excluding hydrogens is 228 g/mol. The lowest BCUT2D eigenvalue weighted by Gasteiger charge is -2.27. The van der Waals surface area contributed by atoms with Crippen molar-refractivity contribution in [3.05, 3.63) is 29.8 Å². The van der Waals surface area contributed by atoms with Crippen molar-refractivity contribution in [3.63, 3.8) is 0 Å². The predicted molar refractivity (Wildman–Crippen MR) is 73.9 cm³/mol. The first-order valence-electron chi connectivity index (χ1n) is 6.14. The van der Waals surface area contributed by atoms with Gasteiger partial charge < -0.3 is 20.1 Å². The fraction of sp³-hybridized carbons (Fsp3) is 0.571. The summed E-state index contributed by atoms with van der Waals surface area (Å²) < 4.78 is 5.11. The molecule has 0 spiro atoms. The van der Waals surface area contributed by atoms with E-state index in [0.717, 1.165) is 12.3 Å². The van der Waals surface area contributed by atoms with E-state index in [4.69, 9.17) is 4.74 Å². The largest absolute Gasteiger partial charge is 0.497 e. The van der Waals surface area contributed by atoms with Gasteiger partial charge in [-0.2, -0.15) is 0 Å². The average Bonchev–Trinajstić information content (AvgIpc) is 2.28. The minimum atomic E-state index is -0.712. The van der Waals surface area contributed by atoms with Crippen LogP contribution in [-0.4, -0.2) is 49.9 Å². The van der Waals surface area contributed by atoms with Gasteiger partial charge in [0.15, 0.2) is 0 Å². The summed E-state index contributed by atoms with van der Waals surface area (Å²) >= 11 is 0. The van der Waals surface area contributed by atoms with Crippen molar-refractivity contribution in [1.82, 2.24) is 10.2 Å². The van der Waals surface area contributed by atoms with Crippen LogP contribution in [0.2, 0.25) is 0 Å². The molecule has 0 radical (unpaired) electrons. The van der Waals surface area contributed by atoms with E-state index in [-0.39, 0.29) is 0 Å². The molecule has 0 aliphatic rings. The Kier molecular flexibility index (Phi) is 5.59. The Bertz CT molecular complexity index is 347. The van der Waals surface area contributed by atoms with Gasteiger partial charge in [0.25, 0.3) is 0 Å². The number of aliphatic hydroxyl groups is 1. The van der Waals surface area contributed by atoms with Gasteiger partial charge >= 0.3 is 0 Å². The molecule has 1 aromatic carbocycles. The first kappa shape index (κ1) is 15.0. The van der Waals surface area contributed by atoms with Crippen molar-refractivity contribution in [2.24, 2.45) is 0 Å². The summed E-state index contributed by atoms with van der Waals surface area (Å²) in [4.78, 5) is 1.98. The molecule has 1 atom stereocenters. The Hall–Kier alpha value is -1.10. The number of ether oxygens (including phenoxy) is 1. The number of nitrogens with one attached hydrogen (secondary N) is 1. The van der Waals surface area contributed by atoms with Crippen molar-refractivity contribution >= 4 is 0 Å². The molecule has 4 heteroatoms. The van der Waals surface area contributed by atoms with Crippen LogP contribution < -0.4 is 10.1 Å². The minimum absolute atomic E-state index is 0.567. The van der Waals surface area contributed by atoms with Crippen LogP contribution in [0.5, 0.6) is 5.75 Å². The molecule has 0 saturated carbocycles. The molecule has 1 unspecified atom stereocenters. The summed E-state index contributed by atoms with van der Waals surface area (Å²) in [6, 6.07) is 7.92. The summed E-state index contributed by atoms with van der Waals surface area (Å²) in [6.45, 7) is 3.79. The molecule has 0 fully saturated rings. The predicted octanol–water partition coefficient (Wildman–Crippen LogP) is 1.10. The molecular formula is C14H24N2O2. The van der Waals surface area contributed by atoms with Crippen LogP contribution in [0.15, 0.2) is 24.3 Å². The van der Waals surface area contributed by atoms with Crippen LogP contribution in [0, 0.1) is 0 Å². The van der Waals surface area contributed by atoms with Gasteiger partial charge in [-0.05, 0) is 38.7 Å². The van der Waals surface area contributed by atoms with Gasteiger partial charge in [-0.15, -0.1) is 0 Å². The maximum Gasteiger partial charge on any atom is 0.118 e. The summed E-state index contributed by atoms with van der Waals surface area (Å²) in [7, 11) is 5.57. The number of hydrogen-bond donors (Lipinski definition) is 2. The lowest BCUT2D eigenvalue weighted by atomic mass is 10.1. The molecule has 0 saturated heterocycles. The van der Waals surface area contributed by atoms with E-state index in [9.17, 15) is 5.11 Å². The molecule has 102 valence electrons. The quantitative estimate of drug-likeness (QED) is 0.763. The van der Waals surface area contributed by atoms with Crippen molar-refractivity contribution < 1.29 is 9.84 Å². The Labute approximate surface area is 110 Å². The summed E-state index contributed by atoms with van der Waals surface area (Å²) in [5.74, 6) is 0.860. The lowest BCUT2D eigenvalue weighted by molar-refractivity contribution is 0.0336. The number of rotatable bonds is 7. The van der Waals surface area contributed by atoms with E-state index in [1.807, 2.05) is 50.2 Å². The van der Waals surface area contributed by atoms with Gasteiger partial charge in [0, 0.05) is 19.6 Å². The Morgan fingerprint density at radius 2 is 1.89 bits per heavy atom. The number of hydrogen-bond acceptors (Lipinski definition) is 4. The number of likely N-dealkylation sites (N-methyl/N-ethyl adjacent to an activating group) is 1. The van der Waals surface area contributed by atoms with Crippen LogP contribution >= 0.6 is 0 Å². The zero-order valence-electron chi connectivity index (χ0n) is 11.7. The average molecular weight is 252 g/mol. The van der Waals surface area contributed by atoms with Gasteiger partial charge in [0.05, 0.1) is 12.7 Å². The molecule has 0 aliphatic heterocycles. The zero-order chi connectivity index (χ0) is 13.6. The van der Waals surface area contributed by atoms with Crippen molar-refractivity contribution in [1.29, 1.82) is 0 Å². The van der Waals surface area contributed by atoms with E-state index >= 15 is 0 Å². The molecule has 1 rings (SSSR count). The van der Waals surface area contributed by atoms with E-state index < -0.39 is 5.60 Å². The van der Waals surface area contributed by atoms with Gasteiger partial charge in [-0.25, -0.2) is 0 Å². The fourth-order valence-corrected chi connectivity index (χ4v) is 1.96. The van der Waals surface area contributed by atoms with Crippen LogP contribution in [0.3, 0.4) is 0 Å². The third-order valence-electron chi connectivity index (χ3n) is 2.65. The SMILES string of the molecule is COc1ccc(CNCC(C)(O)CN(C)C)cc1. The van der Waals surface area contributed by atoms with E-state index in [0.29, 0.717) is 13.1 Å². The van der Waals surface area contributed by atoms with Gasteiger partial charge in [0.2, 0.25) is 0 Å². The third-order valence-corrected chi connectivity index (χ3v) is 2.65. The summed E-state index contributed by atoms with van der Waals surface area (Å²) in [6.07, 6.45) is 0. The maximum atomic E-state index is 10.1. The van der Waals surface area contributed by atoms with E-state index in [1.54, 1.807) is 7.11 Å². The molecule has 4 nitrogen and oxygen atoms in total. The molecule has 0 heterocycles. The third kappa shape index (κ3) is 5.49. The Morgan fingerprint density at radius 1 is 1.28 bits per heavy atom. The molecule has 1 aromatic rings. The maximum absolute atomic E-state index is 10.1. The molecule has 2 N–H and O–H groups in total. The van der Waals surface area contributed by atoms with Crippen LogP contribution in [0.25, 0.3) is 0 Å². The second-order valence-corrected chi connectivity index (χ2v) is 5.19. The van der Waals surface area contributed by atoms with Crippen LogP contribution in [0.1, 0.15) is 12.5 Å². The second kappa shape index (κ2) is 6.73. The highest BCUT2D eigenvalue weighted by Crippen LogP contribution is 2.11. The monoisotopic (exact) mass is 252 g/mol. The summed E-state index contributed by atoms with van der Waals surface area (Å²) in [5.41, 5.74) is 0.465. The molecule has 18 heavy (non-hydrogen) atoms. The molecule has 0 amide bonds. The van der Waals surface area contributed by atoms with Crippen molar-refractivity contribution in [3.8, 4) is 5.75 Å². The van der Waals surface area contributed by atoms with E-state index in [2.05, 4.69) is 5.32 Å². The topological polar surface area (TPSA) is 44.7 Å². The zero-order valence-corrected chi connectivity index (χ0v) is 11.7. The molecule has 0 aliphatic carbocycles. The van der Waals surface area contributed by atoms with Crippen molar-refractivity contribution in [2.45, 2.75) is 19.1 Å². The lowest BCUT2D eigenvalue weighted by Crippen LogP contribution is -2.45. The first-order chi connectivity index (χ1) is 8.43. The number of benzene rings is 1. The number of nitrogens with zero attached hydrogens (tertiary/aromatic N) is 1. The Balaban J connectivity index is 2.36. The highest BCUT2D eigenvalue weighted by molar-refractivity contribution is 5.26. The standard InChI is InChI=1S/C14H24N2O2/c1-14(17,11-16(2)3)10-15-9-12-5-7-13(18-4)8-6-12/h5-8,15,17H,9-11H2,1-4H3. The van der Waals surface area contributed by atoms with Gasteiger partial charge in [0.1, 0.15) is 5.75 Å².